The Kier molecular flexibility index (Phi) is 5.09. The maximum absolute atomic E-state index is 13.0. The highest BCUT2D eigenvalue weighted by Crippen LogP contribution is 2.30. The number of nitrogens with zero attached hydrogens (tertiary/aromatic N) is 4. The number of rotatable bonds is 4. The molecule has 0 atom stereocenters. The summed E-state index contributed by atoms with van der Waals surface area (Å²) in [6.45, 7) is 2.30. The molecule has 0 aliphatic carbocycles. The molecule has 1 aromatic carbocycles. The molecule has 8 nitrogen and oxygen atoms in total. The molecule has 1 fully saturated rings. The van der Waals surface area contributed by atoms with Crippen LogP contribution in [0.15, 0.2) is 35.4 Å². The molecule has 1 aromatic heterocycles. The number of hydrogen-bond acceptors (Lipinski definition) is 7. The van der Waals surface area contributed by atoms with E-state index < -0.39 is 10.0 Å². The number of likely N-dealkylation sites (N-methyl/N-ethyl adjacent to an activating group) is 1. The molecule has 0 saturated carbocycles. The lowest BCUT2D eigenvalue weighted by Gasteiger charge is -2.32. The SMILES string of the molecule is CN1CCN(S(=O)(=O)c2ccccc2Nc2nc(N)ncc2Cl)CC1. The smallest absolute Gasteiger partial charge is 0.245 e. The zero-order chi connectivity index (χ0) is 18.0. The van der Waals surface area contributed by atoms with E-state index >= 15 is 0 Å². The predicted molar refractivity (Wildman–Crippen MR) is 97.4 cm³/mol. The summed E-state index contributed by atoms with van der Waals surface area (Å²) in [5.74, 6) is 0.307. The van der Waals surface area contributed by atoms with E-state index in [0.717, 1.165) is 0 Å². The van der Waals surface area contributed by atoms with Gasteiger partial charge in [-0.1, -0.05) is 23.7 Å². The van der Waals surface area contributed by atoms with Crippen LogP contribution in [0.3, 0.4) is 0 Å². The topological polar surface area (TPSA) is 104 Å². The molecule has 2 heterocycles. The van der Waals surface area contributed by atoms with Crippen molar-refractivity contribution in [3.05, 3.63) is 35.5 Å². The van der Waals surface area contributed by atoms with Gasteiger partial charge in [0.25, 0.3) is 0 Å². The number of sulfonamides is 1. The second-order valence-corrected chi connectivity index (χ2v) is 8.07. The summed E-state index contributed by atoms with van der Waals surface area (Å²) in [5, 5.41) is 3.21. The van der Waals surface area contributed by atoms with Crippen LogP contribution in [0.2, 0.25) is 5.02 Å². The molecule has 25 heavy (non-hydrogen) atoms. The molecule has 0 amide bonds. The van der Waals surface area contributed by atoms with Crippen molar-refractivity contribution >= 4 is 39.1 Å². The Balaban J connectivity index is 1.94. The average molecular weight is 383 g/mol. The maximum Gasteiger partial charge on any atom is 0.245 e. The highest BCUT2D eigenvalue weighted by Gasteiger charge is 2.29. The van der Waals surface area contributed by atoms with Gasteiger partial charge in [0, 0.05) is 26.2 Å². The van der Waals surface area contributed by atoms with Gasteiger partial charge in [-0.2, -0.15) is 9.29 Å². The van der Waals surface area contributed by atoms with Crippen molar-refractivity contribution in [2.45, 2.75) is 4.90 Å². The lowest BCUT2D eigenvalue weighted by molar-refractivity contribution is 0.222. The highest BCUT2D eigenvalue weighted by molar-refractivity contribution is 7.89. The minimum Gasteiger partial charge on any atom is -0.368 e. The van der Waals surface area contributed by atoms with Crippen molar-refractivity contribution in [2.75, 3.05) is 44.3 Å². The van der Waals surface area contributed by atoms with E-state index in [9.17, 15) is 8.42 Å². The van der Waals surface area contributed by atoms with Crippen molar-refractivity contribution in [1.29, 1.82) is 0 Å². The minimum absolute atomic E-state index is 0.0475. The zero-order valence-corrected chi connectivity index (χ0v) is 15.3. The largest absolute Gasteiger partial charge is 0.368 e. The standard InChI is InChI=1S/C15H19ClN6O2S/c1-21-6-8-22(9-7-21)25(23,24)13-5-3-2-4-12(13)19-14-11(16)10-18-15(17)20-14/h2-5,10H,6-9H2,1H3,(H3,17,18,19,20). The second kappa shape index (κ2) is 7.12. The van der Waals surface area contributed by atoms with Crippen LogP contribution >= 0.6 is 11.6 Å². The van der Waals surface area contributed by atoms with E-state index in [4.69, 9.17) is 17.3 Å². The number of aromatic nitrogens is 2. The van der Waals surface area contributed by atoms with E-state index in [-0.39, 0.29) is 21.7 Å². The van der Waals surface area contributed by atoms with Crippen molar-refractivity contribution in [1.82, 2.24) is 19.2 Å². The average Bonchev–Trinajstić information content (AvgIpc) is 2.59. The van der Waals surface area contributed by atoms with Gasteiger partial charge < -0.3 is 16.0 Å². The van der Waals surface area contributed by atoms with Crippen molar-refractivity contribution in [3.63, 3.8) is 0 Å². The molecular formula is C15H19ClN6O2S. The van der Waals surface area contributed by atoms with Gasteiger partial charge in [0.2, 0.25) is 16.0 Å². The second-order valence-electron chi connectivity index (χ2n) is 5.75. The van der Waals surface area contributed by atoms with Crippen LogP contribution in [0.4, 0.5) is 17.5 Å². The van der Waals surface area contributed by atoms with Crippen molar-refractivity contribution in [3.8, 4) is 0 Å². The molecule has 1 aliphatic rings. The molecule has 3 N–H and O–H groups in total. The number of anilines is 3. The van der Waals surface area contributed by atoms with E-state index in [1.807, 2.05) is 7.05 Å². The summed E-state index contributed by atoms with van der Waals surface area (Å²) in [5.41, 5.74) is 5.97. The van der Waals surface area contributed by atoms with Crippen molar-refractivity contribution < 1.29 is 8.42 Å². The van der Waals surface area contributed by atoms with Crippen LogP contribution < -0.4 is 11.1 Å². The van der Waals surface area contributed by atoms with Crippen molar-refractivity contribution in [2.24, 2.45) is 0 Å². The fourth-order valence-corrected chi connectivity index (χ4v) is 4.27. The molecule has 1 aliphatic heterocycles. The molecule has 1 saturated heterocycles. The summed E-state index contributed by atoms with van der Waals surface area (Å²) in [7, 11) is -1.66. The molecule has 134 valence electrons. The molecule has 3 rings (SSSR count). The van der Waals surface area contributed by atoms with Crippen LogP contribution in [0.25, 0.3) is 0 Å². The number of halogens is 1. The summed E-state index contributed by atoms with van der Waals surface area (Å²) in [6, 6.07) is 6.65. The fourth-order valence-electron chi connectivity index (χ4n) is 2.56. The van der Waals surface area contributed by atoms with Crippen LogP contribution in [-0.4, -0.2) is 60.8 Å². The third-order valence-corrected chi connectivity index (χ3v) is 6.22. The van der Waals surface area contributed by atoms with E-state index in [0.29, 0.717) is 31.9 Å². The fraction of sp³-hybridized carbons (Fsp3) is 0.333. The number of benzene rings is 1. The Labute approximate surface area is 151 Å². The quantitative estimate of drug-likeness (QED) is 0.823. The minimum atomic E-state index is -3.63. The summed E-state index contributed by atoms with van der Waals surface area (Å²) in [6.07, 6.45) is 1.36. The van der Waals surface area contributed by atoms with Crippen LogP contribution in [-0.2, 0) is 10.0 Å². The first-order valence-corrected chi connectivity index (χ1v) is 9.52. The molecular weight excluding hydrogens is 364 g/mol. The molecule has 0 unspecified atom stereocenters. The first-order chi connectivity index (χ1) is 11.9. The zero-order valence-electron chi connectivity index (χ0n) is 13.7. The number of piperazine rings is 1. The van der Waals surface area contributed by atoms with Gasteiger partial charge in [-0.15, -0.1) is 0 Å². The molecule has 10 heteroatoms. The molecule has 0 radical (unpaired) electrons. The maximum atomic E-state index is 13.0. The van der Waals surface area contributed by atoms with Gasteiger partial charge in [-0.3, -0.25) is 0 Å². The van der Waals surface area contributed by atoms with E-state index in [2.05, 4.69) is 20.2 Å². The first-order valence-electron chi connectivity index (χ1n) is 7.70. The monoisotopic (exact) mass is 382 g/mol. The molecule has 0 bridgehead atoms. The number of para-hydroxylation sites is 1. The highest BCUT2D eigenvalue weighted by atomic mass is 35.5. The summed E-state index contributed by atoms with van der Waals surface area (Å²) < 4.78 is 27.6. The third kappa shape index (κ3) is 3.84. The Morgan fingerprint density at radius 3 is 2.60 bits per heavy atom. The Bertz CT molecular complexity index is 868. The predicted octanol–water partition coefficient (Wildman–Crippen LogP) is 1.39. The van der Waals surface area contributed by atoms with Gasteiger partial charge in [0.05, 0.1) is 11.9 Å². The third-order valence-electron chi connectivity index (χ3n) is 3.98. The molecule has 2 aromatic rings. The lowest BCUT2D eigenvalue weighted by atomic mass is 10.3. The Morgan fingerprint density at radius 1 is 1.20 bits per heavy atom. The van der Waals surface area contributed by atoms with Crippen LogP contribution in [0, 0.1) is 0 Å². The van der Waals surface area contributed by atoms with E-state index in [1.165, 1.54) is 10.5 Å². The number of hydrogen-bond donors (Lipinski definition) is 2. The summed E-state index contributed by atoms with van der Waals surface area (Å²) in [4.78, 5) is 10.1. The Hall–Kier alpha value is -1.94. The lowest BCUT2D eigenvalue weighted by Crippen LogP contribution is -2.47. The number of nitrogens with one attached hydrogen (secondary N) is 1. The normalized spacial score (nSPS) is 16.7. The van der Waals surface area contributed by atoms with Crippen LogP contribution in [0.5, 0.6) is 0 Å². The first kappa shape index (κ1) is 17.9. The summed E-state index contributed by atoms with van der Waals surface area (Å²) >= 11 is 6.07. The van der Waals surface area contributed by atoms with E-state index in [1.54, 1.807) is 24.3 Å². The van der Waals surface area contributed by atoms with Gasteiger partial charge in [0.1, 0.15) is 9.92 Å². The Morgan fingerprint density at radius 2 is 1.88 bits per heavy atom. The van der Waals surface area contributed by atoms with Gasteiger partial charge >= 0.3 is 0 Å². The van der Waals surface area contributed by atoms with Gasteiger partial charge in [0.15, 0.2) is 5.82 Å². The van der Waals surface area contributed by atoms with Crippen LogP contribution in [0.1, 0.15) is 0 Å². The van der Waals surface area contributed by atoms with Gasteiger partial charge in [-0.25, -0.2) is 13.4 Å². The molecule has 0 spiro atoms. The number of nitrogens with two attached hydrogens (primary N) is 1. The van der Waals surface area contributed by atoms with Gasteiger partial charge in [-0.05, 0) is 19.2 Å². The number of nitrogen functional groups attached to an aromatic ring is 1.